The number of nitrogens with zero attached hydrogens (tertiary/aromatic N) is 2. The third-order valence-electron chi connectivity index (χ3n) is 4.20. The minimum Gasteiger partial charge on any atom is -0.377 e. The molecule has 2 aliphatic rings. The summed E-state index contributed by atoms with van der Waals surface area (Å²) >= 11 is 0. The largest absolute Gasteiger partial charge is 0.377 e. The van der Waals surface area contributed by atoms with E-state index in [0.29, 0.717) is 13.2 Å². The fourth-order valence-corrected chi connectivity index (χ4v) is 4.84. The zero-order chi connectivity index (χ0) is 14.9. The molecule has 3 rings (SSSR count). The van der Waals surface area contributed by atoms with Gasteiger partial charge in [-0.05, 0) is 31.9 Å². The van der Waals surface area contributed by atoms with Crippen molar-refractivity contribution in [1.82, 2.24) is 0 Å². The van der Waals surface area contributed by atoms with Crippen LogP contribution < -0.4 is 9.21 Å². The zero-order valence-corrected chi connectivity index (χ0v) is 13.2. The van der Waals surface area contributed by atoms with E-state index in [-0.39, 0.29) is 11.9 Å². The molecule has 0 bridgehead atoms. The van der Waals surface area contributed by atoms with Crippen LogP contribution in [0.4, 0.5) is 11.4 Å². The van der Waals surface area contributed by atoms with Crippen molar-refractivity contribution in [1.29, 1.82) is 0 Å². The van der Waals surface area contributed by atoms with Crippen molar-refractivity contribution in [2.24, 2.45) is 0 Å². The number of ether oxygens (including phenoxy) is 1. The van der Waals surface area contributed by atoms with Crippen LogP contribution in [0.15, 0.2) is 24.3 Å². The molecule has 1 aromatic carbocycles. The lowest BCUT2D eigenvalue weighted by Crippen LogP contribution is -2.46. The van der Waals surface area contributed by atoms with E-state index < -0.39 is 10.0 Å². The van der Waals surface area contributed by atoms with Gasteiger partial charge in [-0.2, -0.15) is 0 Å². The van der Waals surface area contributed by atoms with Gasteiger partial charge in [0.25, 0.3) is 0 Å². The van der Waals surface area contributed by atoms with Crippen molar-refractivity contribution in [2.75, 3.05) is 41.2 Å². The topological polar surface area (TPSA) is 49.9 Å². The van der Waals surface area contributed by atoms with E-state index in [4.69, 9.17) is 4.74 Å². The van der Waals surface area contributed by atoms with Crippen molar-refractivity contribution >= 4 is 21.4 Å². The molecule has 21 heavy (non-hydrogen) atoms. The predicted molar refractivity (Wildman–Crippen MR) is 84.4 cm³/mol. The molecule has 1 atom stereocenters. The summed E-state index contributed by atoms with van der Waals surface area (Å²) in [5.41, 5.74) is 1.80. The quantitative estimate of drug-likeness (QED) is 0.851. The second-order valence-electron chi connectivity index (χ2n) is 5.55. The van der Waals surface area contributed by atoms with Crippen LogP contribution in [0.5, 0.6) is 0 Å². The Morgan fingerprint density at radius 2 is 2.00 bits per heavy atom. The van der Waals surface area contributed by atoms with Gasteiger partial charge in [0.05, 0.1) is 29.8 Å². The fraction of sp³-hybridized carbons (Fsp3) is 0.600. The molecular weight excluding hydrogens is 288 g/mol. The van der Waals surface area contributed by atoms with E-state index in [1.165, 1.54) is 0 Å². The lowest BCUT2D eigenvalue weighted by Gasteiger charge is -2.37. The van der Waals surface area contributed by atoms with Gasteiger partial charge in [0.1, 0.15) is 0 Å². The summed E-state index contributed by atoms with van der Waals surface area (Å²) in [4.78, 5) is 2.22. The minimum absolute atomic E-state index is 0.0907. The van der Waals surface area contributed by atoms with E-state index >= 15 is 0 Å². The van der Waals surface area contributed by atoms with E-state index in [9.17, 15) is 8.42 Å². The second kappa shape index (κ2) is 5.85. The second-order valence-corrected chi connectivity index (χ2v) is 7.49. The van der Waals surface area contributed by atoms with Gasteiger partial charge in [-0.15, -0.1) is 0 Å². The highest BCUT2D eigenvalue weighted by molar-refractivity contribution is 7.92. The van der Waals surface area contributed by atoms with Crippen LogP contribution in [0.1, 0.15) is 19.8 Å². The smallest absolute Gasteiger partial charge is 0.237 e. The third kappa shape index (κ3) is 2.87. The van der Waals surface area contributed by atoms with Crippen LogP contribution in [-0.4, -0.2) is 46.5 Å². The highest BCUT2D eigenvalue weighted by atomic mass is 32.2. The van der Waals surface area contributed by atoms with Crippen LogP contribution in [0.2, 0.25) is 0 Å². The standard InChI is InChI=1S/C15H22N2O3S/c1-2-16-9-10-17(15-8-4-3-7-14(15)16)21(18,19)12-13-6-5-11-20-13/h3-4,7-8,13H,2,5-6,9-12H2,1H3/t13-/m1/s1. The van der Waals surface area contributed by atoms with E-state index in [1.807, 2.05) is 24.3 Å². The summed E-state index contributed by atoms with van der Waals surface area (Å²) in [5, 5.41) is 0. The Morgan fingerprint density at radius 3 is 2.67 bits per heavy atom. The Bertz CT molecular complexity index is 597. The van der Waals surface area contributed by atoms with E-state index in [0.717, 1.165) is 37.3 Å². The molecule has 2 heterocycles. The van der Waals surface area contributed by atoms with Gasteiger partial charge in [-0.3, -0.25) is 4.31 Å². The number of anilines is 2. The Labute approximate surface area is 126 Å². The molecule has 0 radical (unpaired) electrons. The normalized spacial score (nSPS) is 22.4. The molecule has 6 heteroatoms. The Hall–Kier alpha value is -1.27. The summed E-state index contributed by atoms with van der Waals surface area (Å²) in [6, 6.07) is 7.74. The lowest BCUT2D eigenvalue weighted by atomic mass is 10.2. The molecule has 5 nitrogen and oxygen atoms in total. The molecule has 0 amide bonds. The molecule has 0 aromatic heterocycles. The van der Waals surface area contributed by atoms with Crippen molar-refractivity contribution in [3.05, 3.63) is 24.3 Å². The molecule has 0 N–H and O–H groups in total. The number of para-hydroxylation sites is 2. The van der Waals surface area contributed by atoms with Gasteiger partial charge in [-0.25, -0.2) is 8.42 Å². The molecule has 0 aliphatic carbocycles. The summed E-state index contributed by atoms with van der Waals surface area (Å²) in [7, 11) is -3.33. The first-order valence-corrected chi connectivity index (χ1v) is 9.18. The monoisotopic (exact) mass is 310 g/mol. The number of hydrogen-bond acceptors (Lipinski definition) is 4. The number of benzene rings is 1. The number of rotatable bonds is 4. The number of hydrogen-bond donors (Lipinski definition) is 0. The first-order chi connectivity index (χ1) is 10.1. The third-order valence-corrected chi connectivity index (χ3v) is 6.05. The maximum absolute atomic E-state index is 12.7. The maximum atomic E-state index is 12.7. The van der Waals surface area contributed by atoms with Gasteiger partial charge in [0.2, 0.25) is 10.0 Å². The molecule has 116 valence electrons. The van der Waals surface area contributed by atoms with Crippen molar-refractivity contribution < 1.29 is 13.2 Å². The Morgan fingerprint density at radius 1 is 1.24 bits per heavy atom. The molecule has 1 aromatic rings. The van der Waals surface area contributed by atoms with Crippen LogP contribution in [0.25, 0.3) is 0 Å². The van der Waals surface area contributed by atoms with Gasteiger partial charge >= 0.3 is 0 Å². The molecule has 0 saturated carbocycles. The van der Waals surface area contributed by atoms with E-state index in [1.54, 1.807) is 4.31 Å². The number of likely N-dealkylation sites (N-methyl/N-ethyl adjacent to an activating group) is 1. The Kier molecular flexibility index (Phi) is 4.08. The average Bonchev–Trinajstić information content (AvgIpc) is 2.98. The minimum atomic E-state index is -3.33. The molecule has 1 saturated heterocycles. The molecule has 2 aliphatic heterocycles. The zero-order valence-electron chi connectivity index (χ0n) is 12.4. The Balaban J connectivity index is 1.88. The van der Waals surface area contributed by atoms with Crippen molar-refractivity contribution in [2.45, 2.75) is 25.9 Å². The summed E-state index contributed by atoms with van der Waals surface area (Å²) < 4.78 is 32.5. The van der Waals surface area contributed by atoms with Gasteiger partial charge in [0.15, 0.2) is 0 Å². The SMILES string of the molecule is CCN1CCN(S(=O)(=O)C[C@H]2CCCO2)c2ccccc21. The maximum Gasteiger partial charge on any atom is 0.237 e. The number of fused-ring (bicyclic) bond motifs is 1. The van der Waals surface area contributed by atoms with Crippen LogP contribution in [-0.2, 0) is 14.8 Å². The van der Waals surface area contributed by atoms with Gasteiger partial charge in [-0.1, -0.05) is 12.1 Å². The summed E-state index contributed by atoms with van der Waals surface area (Å²) in [6.07, 6.45) is 1.65. The number of sulfonamides is 1. The lowest BCUT2D eigenvalue weighted by molar-refractivity contribution is 0.127. The molecule has 1 fully saturated rings. The van der Waals surface area contributed by atoms with Crippen LogP contribution in [0.3, 0.4) is 0 Å². The molecular formula is C15H22N2O3S. The molecule has 0 unspecified atom stereocenters. The highest BCUT2D eigenvalue weighted by Crippen LogP contribution is 2.34. The predicted octanol–water partition coefficient (Wildman–Crippen LogP) is 1.84. The molecule has 0 spiro atoms. The highest BCUT2D eigenvalue weighted by Gasteiger charge is 2.33. The first kappa shape index (κ1) is 14.7. The van der Waals surface area contributed by atoms with Gasteiger partial charge in [0, 0.05) is 19.7 Å². The first-order valence-electron chi connectivity index (χ1n) is 7.58. The van der Waals surface area contributed by atoms with E-state index in [2.05, 4.69) is 11.8 Å². The fourth-order valence-electron chi connectivity index (χ4n) is 3.11. The van der Waals surface area contributed by atoms with Gasteiger partial charge < -0.3 is 9.64 Å². The van der Waals surface area contributed by atoms with Crippen molar-refractivity contribution in [3.8, 4) is 0 Å². The summed E-state index contributed by atoms with van der Waals surface area (Å²) in [5.74, 6) is 0.0907. The van der Waals surface area contributed by atoms with Crippen LogP contribution >= 0.6 is 0 Å². The summed E-state index contributed by atoms with van der Waals surface area (Å²) in [6.45, 7) is 4.91. The van der Waals surface area contributed by atoms with Crippen LogP contribution in [0, 0.1) is 0 Å². The average molecular weight is 310 g/mol. The van der Waals surface area contributed by atoms with Crippen molar-refractivity contribution in [3.63, 3.8) is 0 Å².